The molecule has 3 aromatic rings. The van der Waals surface area contributed by atoms with Crippen LogP contribution in [0.2, 0.25) is 0 Å². The molecule has 1 amide bonds. The number of carbonyl (C=O) groups excluding carboxylic acids is 2. The number of benzene rings is 1. The fraction of sp³-hybridized carbons (Fsp3) is 0.292. The van der Waals surface area contributed by atoms with Gasteiger partial charge in [-0.1, -0.05) is 24.3 Å². The van der Waals surface area contributed by atoms with Crippen molar-refractivity contribution in [2.45, 2.75) is 12.8 Å². The van der Waals surface area contributed by atoms with Crippen LogP contribution in [0.3, 0.4) is 0 Å². The molecular weight excluding hydrogens is 412 g/mol. The van der Waals surface area contributed by atoms with E-state index < -0.39 is 5.97 Å². The van der Waals surface area contributed by atoms with Crippen LogP contribution in [0, 0.1) is 0 Å². The van der Waals surface area contributed by atoms with E-state index in [1.165, 1.54) is 0 Å². The number of rotatable bonds is 4. The molecule has 5 rings (SSSR count). The summed E-state index contributed by atoms with van der Waals surface area (Å²) in [4.78, 5) is 33.3. The van der Waals surface area contributed by atoms with Crippen LogP contribution in [-0.4, -0.2) is 54.7 Å². The zero-order valence-corrected chi connectivity index (χ0v) is 17.8. The largest absolute Gasteiger partial charge is 0.452 e. The number of hydrogen-bond acceptors (Lipinski definition) is 6. The van der Waals surface area contributed by atoms with Crippen LogP contribution in [0.15, 0.2) is 41.8 Å². The van der Waals surface area contributed by atoms with E-state index in [0.717, 1.165) is 45.5 Å². The Kier molecular flexibility index (Phi) is 5.53. The summed E-state index contributed by atoms with van der Waals surface area (Å²) in [6.07, 6.45) is 3.70. The molecule has 158 valence electrons. The summed E-state index contributed by atoms with van der Waals surface area (Å²) in [5.41, 5.74) is 4.18. The monoisotopic (exact) mass is 434 g/mol. The third kappa shape index (κ3) is 3.98. The Morgan fingerprint density at radius 1 is 1.13 bits per heavy atom. The van der Waals surface area contributed by atoms with Gasteiger partial charge in [0.1, 0.15) is 0 Å². The van der Waals surface area contributed by atoms with Gasteiger partial charge < -0.3 is 14.4 Å². The van der Waals surface area contributed by atoms with E-state index in [4.69, 9.17) is 14.5 Å². The highest BCUT2D eigenvalue weighted by molar-refractivity contribution is 7.10. The normalized spacial score (nSPS) is 17.2. The highest BCUT2D eigenvalue weighted by Crippen LogP contribution is 2.38. The smallest absolute Gasteiger partial charge is 0.339 e. The van der Waals surface area contributed by atoms with Gasteiger partial charge >= 0.3 is 5.97 Å². The molecule has 2 aliphatic rings. The summed E-state index contributed by atoms with van der Waals surface area (Å²) in [5, 5.41) is 2.81. The first-order chi connectivity index (χ1) is 15.2. The Balaban J connectivity index is 1.46. The van der Waals surface area contributed by atoms with E-state index in [9.17, 15) is 9.59 Å². The third-order valence-electron chi connectivity index (χ3n) is 5.70. The number of allylic oxidation sites excluding steroid dienone is 1. The molecule has 3 heterocycles. The quantitative estimate of drug-likeness (QED) is 0.585. The zero-order valence-electron chi connectivity index (χ0n) is 17.0. The second kappa shape index (κ2) is 8.61. The fourth-order valence-electron chi connectivity index (χ4n) is 4.16. The van der Waals surface area contributed by atoms with Crippen LogP contribution < -0.4 is 0 Å². The zero-order chi connectivity index (χ0) is 21.2. The molecule has 1 aliphatic heterocycles. The Bertz CT molecular complexity index is 1160. The lowest BCUT2D eigenvalue weighted by molar-refractivity contribution is -0.138. The van der Waals surface area contributed by atoms with Gasteiger partial charge in [0.05, 0.1) is 30.0 Å². The van der Waals surface area contributed by atoms with Gasteiger partial charge in [-0.3, -0.25) is 4.79 Å². The number of amides is 1. The molecule has 1 aliphatic carbocycles. The van der Waals surface area contributed by atoms with Crippen molar-refractivity contribution in [2.75, 3.05) is 32.9 Å². The van der Waals surface area contributed by atoms with E-state index in [1.54, 1.807) is 16.2 Å². The number of fused-ring (bicyclic) bond motifs is 2. The van der Waals surface area contributed by atoms with Crippen LogP contribution in [0.1, 0.15) is 32.9 Å². The molecule has 0 bridgehead atoms. The average molecular weight is 435 g/mol. The van der Waals surface area contributed by atoms with Crippen LogP contribution in [0.5, 0.6) is 0 Å². The molecule has 0 spiro atoms. The van der Waals surface area contributed by atoms with Crippen molar-refractivity contribution < 1.29 is 19.1 Å². The number of nitrogens with zero attached hydrogens (tertiary/aromatic N) is 2. The Labute approximate surface area is 184 Å². The Hall–Kier alpha value is -3.03. The van der Waals surface area contributed by atoms with Gasteiger partial charge in [0, 0.05) is 23.4 Å². The first-order valence-electron chi connectivity index (χ1n) is 10.4. The van der Waals surface area contributed by atoms with Gasteiger partial charge in [-0.15, -0.1) is 11.3 Å². The summed E-state index contributed by atoms with van der Waals surface area (Å²) < 4.78 is 10.8. The lowest BCUT2D eigenvalue weighted by atomic mass is 10.0. The van der Waals surface area contributed by atoms with Gasteiger partial charge in [-0.05, 0) is 47.6 Å². The Morgan fingerprint density at radius 3 is 2.77 bits per heavy atom. The van der Waals surface area contributed by atoms with Crippen molar-refractivity contribution in [3.05, 3.63) is 63.5 Å². The molecule has 0 unspecified atom stereocenters. The number of pyridine rings is 1. The van der Waals surface area contributed by atoms with Crippen molar-refractivity contribution in [2.24, 2.45) is 0 Å². The molecule has 0 atom stereocenters. The lowest BCUT2D eigenvalue weighted by Crippen LogP contribution is -2.42. The average Bonchev–Trinajstić information content (AvgIpc) is 3.47. The van der Waals surface area contributed by atoms with Crippen LogP contribution in [0.4, 0.5) is 0 Å². The highest BCUT2D eigenvalue weighted by atomic mass is 32.1. The molecule has 0 saturated carbocycles. The number of para-hydroxylation sites is 1. The molecule has 7 heteroatoms. The van der Waals surface area contributed by atoms with Gasteiger partial charge in [0.15, 0.2) is 6.61 Å². The fourth-order valence-corrected chi connectivity index (χ4v) is 4.84. The van der Waals surface area contributed by atoms with Crippen molar-refractivity contribution in [1.29, 1.82) is 0 Å². The molecular formula is C24H22N2O4S. The third-order valence-corrected chi connectivity index (χ3v) is 6.52. The van der Waals surface area contributed by atoms with E-state index in [1.807, 2.05) is 35.7 Å². The van der Waals surface area contributed by atoms with E-state index in [-0.39, 0.29) is 12.5 Å². The number of esters is 1. The van der Waals surface area contributed by atoms with Gasteiger partial charge in [0.2, 0.25) is 0 Å². The number of carbonyl (C=O) groups is 2. The minimum absolute atomic E-state index is 0.190. The summed E-state index contributed by atoms with van der Waals surface area (Å²) >= 11 is 1.68. The van der Waals surface area contributed by atoms with Crippen molar-refractivity contribution in [1.82, 2.24) is 9.88 Å². The number of hydrogen-bond donors (Lipinski definition) is 0. The molecule has 0 N–H and O–H groups in total. The number of thiophene rings is 1. The maximum atomic E-state index is 13.2. The summed E-state index contributed by atoms with van der Waals surface area (Å²) in [6, 6.07) is 11.7. The predicted octanol–water partition coefficient (Wildman–Crippen LogP) is 3.80. The Morgan fingerprint density at radius 2 is 1.97 bits per heavy atom. The van der Waals surface area contributed by atoms with Crippen molar-refractivity contribution in [3.8, 4) is 0 Å². The number of ether oxygens (including phenoxy) is 2. The molecule has 2 aromatic heterocycles. The van der Waals surface area contributed by atoms with E-state index in [2.05, 4.69) is 12.1 Å². The van der Waals surface area contributed by atoms with Gasteiger partial charge in [-0.2, -0.15) is 0 Å². The topological polar surface area (TPSA) is 68.7 Å². The molecule has 0 radical (unpaired) electrons. The van der Waals surface area contributed by atoms with Crippen molar-refractivity contribution in [3.63, 3.8) is 0 Å². The standard InChI is InChI=1S/C24H22N2O4S/c27-21(26-9-11-29-12-10-26)15-30-24(28)22-18-5-1-2-6-20(18)25-23-16(7-8-19(22)23)14-17-4-3-13-31-17/h1-6,13-14H,7-12,15H2/b16-14+. The maximum absolute atomic E-state index is 13.2. The van der Waals surface area contributed by atoms with E-state index >= 15 is 0 Å². The first-order valence-corrected chi connectivity index (χ1v) is 11.3. The van der Waals surface area contributed by atoms with E-state index in [0.29, 0.717) is 31.9 Å². The first kappa shape index (κ1) is 19.9. The SMILES string of the molecule is O=C(OCC(=O)N1CCOCC1)c1c2c(nc3ccccc13)/C(=C/c1cccs1)CC2. The highest BCUT2D eigenvalue weighted by Gasteiger charge is 2.28. The lowest BCUT2D eigenvalue weighted by Gasteiger charge is -2.26. The van der Waals surface area contributed by atoms with Gasteiger partial charge in [-0.25, -0.2) is 9.78 Å². The summed E-state index contributed by atoms with van der Waals surface area (Å²) in [7, 11) is 0. The van der Waals surface area contributed by atoms with Crippen molar-refractivity contribution >= 4 is 45.8 Å². The predicted molar refractivity (Wildman–Crippen MR) is 120 cm³/mol. The summed E-state index contributed by atoms with van der Waals surface area (Å²) in [5.74, 6) is -0.654. The molecule has 1 aromatic carbocycles. The van der Waals surface area contributed by atoms with Crippen LogP contribution >= 0.6 is 11.3 Å². The minimum atomic E-state index is -0.464. The van der Waals surface area contributed by atoms with Crippen LogP contribution in [-0.2, 0) is 20.7 Å². The molecule has 31 heavy (non-hydrogen) atoms. The van der Waals surface area contributed by atoms with Gasteiger partial charge in [0.25, 0.3) is 5.91 Å². The second-order valence-electron chi connectivity index (χ2n) is 7.59. The minimum Gasteiger partial charge on any atom is -0.452 e. The molecule has 6 nitrogen and oxygen atoms in total. The molecule has 1 fully saturated rings. The number of morpholine rings is 1. The maximum Gasteiger partial charge on any atom is 0.339 e. The summed E-state index contributed by atoms with van der Waals surface area (Å²) in [6.45, 7) is 1.83. The van der Waals surface area contributed by atoms with Crippen LogP contribution in [0.25, 0.3) is 22.6 Å². The molecule has 1 saturated heterocycles. The second-order valence-corrected chi connectivity index (χ2v) is 8.56. The number of aromatic nitrogens is 1.